The maximum absolute atomic E-state index is 5.73. The Bertz CT molecular complexity index is 231. The molecule has 0 bridgehead atoms. The van der Waals surface area contributed by atoms with Crippen LogP contribution in [-0.4, -0.2) is 23.6 Å². The van der Waals surface area contributed by atoms with Gasteiger partial charge in [-0.2, -0.15) is 0 Å². The summed E-state index contributed by atoms with van der Waals surface area (Å²) in [6.45, 7) is 6.91. The third-order valence-electron chi connectivity index (χ3n) is 1.77. The van der Waals surface area contributed by atoms with Crippen molar-refractivity contribution >= 4 is 6.01 Å². The minimum absolute atomic E-state index is 0.120. The second-order valence-electron chi connectivity index (χ2n) is 3.54. The van der Waals surface area contributed by atoms with Gasteiger partial charge >= 0.3 is 0 Å². The van der Waals surface area contributed by atoms with E-state index in [0.717, 1.165) is 6.54 Å². The maximum Gasteiger partial charge on any atom is 0.297 e. The van der Waals surface area contributed by atoms with E-state index in [1.807, 2.05) is 11.8 Å². The molecule has 13 heavy (non-hydrogen) atoms. The molecule has 0 aliphatic rings. The molecule has 0 radical (unpaired) electrons. The molecule has 0 aliphatic carbocycles. The van der Waals surface area contributed by atoms with Crippen molar-refractivity contribution < 1.29 is 4.42 Å². The van der Waals surface area contributed by atoms with Gasteiger partial charge in [-0.05, 0) is 20.8 Å². The van der Waals surface area contributed by atoms with Crippen molar-refractivity contribution in [3.05, 3.63) is 12.5 Å². The van der Waals surface area contributed by atoms with E-state index in [1.165, 1.54) is 0 Å². The molecule has 1 unspecified atom stereocenters. The van der Waals surface area contributed by atoms with Gasteiger partial charge in [-0.25, -0.2) is 4.98 Å². The van der Waals surface area contributed by atoms with Crippen molar-refractivity contribution in [2.75, 3.05) is 11.4 Å². The van der Waals surface area contributed by atoms with Crippen LogP contribution in [0.1, 0.15) is 20.8 Å². The van der Waals surface area contributed by atoms with Crippen molar-refractivity contribution in [3.8, 4) is 0 Å². The van der Waals surface area contributed by atoms with Crippen LogP contribution < -0.4 is 10.6 Å². The van der Waals surface area contributed by atoms with Gasteiger partial charge < -0.3 is 15.1 Å². The Morgan fingerprint density at radius 3 is 2.62 bits per heavy atom. The minimum Gasteiger partial charge on any atom is -0.432 e. The summed E-state index contributed by atoms with van der Waals surface area (Å²) in [6.07, 6.45) is 3.22. The van der Waals surface area contributed by atoms with Crippen LogP contribution in [0.5, 0.6) is 0 Å². The predicted molar refractivity (Wildman–Crippen MR) is 52.6 cm³/mol. The summed E-state index contributed by atoms with van der Waals surface area (Å²) in [6, 6.07) is 1.12. The van der Waals surface area contributed by atoms with Gasteiger partial charge in [-0.15, -0.1) is 0 Å². The van der Waals surface area contributed by atoms with Crippen LogP contribution >= 0.6 is 0 Å². The predicted octanol–water partition coefficient (Wildman–Crippen LogP) is 1.24. The van der Waals surface area contributed by atoms with Gasteiger partial charge in [0.15, 0.2) is 0 Å². The summed E-state index contributed by atoms with van der Waals surface area (Å²) in [7, 11) is 0. The summed E-state index contributed by atoms with van der Waals surface area (Å²) >= 11 is 0. The SMILES string of the molecule is CC(N)CN(c1ncco1)C(C)C. The van der Waals surface area contributed by atoms with E-state index in [1.54, 1.807) is 12.5 Å². The molecule has 0 spiro atoms. The number of rotatable bonds is 4. The van der Waals surface area contributed by atoms with Crippen LogP contribution in [0.15, 0.2) is 16.9 Å². The van der Waals surface area contributed by atoms with Crippen molar-refractivity contribution in [1.82, 2.24) is 4.98 Å². The minimum atomic E-state index is 0.120. The zero-order chi connectivity index (χ0) is 9.84. The molecule has 2 N–H and O–H groups in total. The van der Waals surface area contributed by atoms with Crippen LogP contribution in [-0.2, 0) is 0 Å². The molecule has 1 aromatic heterocycles. The summed E-state index contributed by atoms with van der Waals surface area (Å²) in [5, 5.41) is 0. The zero-order valence-corrected chi connectivity index (χ0v) is 8.40. The highest BCUT2D eigenvalue weighted by atomic mass is 16.4. The molecule has 0 aromatic carbocycles. The summed E-state index contributed by atoms with van der Waals surface area (Å²) in [5.41, 5.74) is 5.73. The first kappa shape index (κ1) is 10.1. The average molecular weight is 183 g/mol. The number of oxazole rings is 1. The van der Waals surface area contributed by atoms with Gasteiger partial charge in [0.2, 0.25) is 0 Å². The molecule has 1 aromatic rings. The average Bonchev–Trinajstić information content (AvgIpc) is 2.50. The van der Waals surface area contributed by atoms with E-state index in [0.29, 0.717) is 12.1 Å². The lowest BCUT2D eigenvalue weighted by Gasteiger charge is -2.26. The second-order valence-corrected chi connectivity index (χ2v) is 3.54. The molecule has 1 heterocycles. The molecular formula is C9H17N3O. The summed E-state index contributed by atoms with van der Waals surface area (Å²) < 4.78 is 5.22. The maximum atomic E-state index is 5.73. The number of hydrogen-bond acceptors (Lipinski definition) is 4. The molecule has 4 heteroatoms. The van der Waals surface area contributed by atoms with Crippen molar-refractivity contribution in [1.29, 1.82) is 0 Å². The van der Waals surface area contributed by atoms with Crippen LogP contribution in [0.25, 0.3) is 0 Å². The molecule has 1 rings (SSSR count). The van der Waals surface area contributed by atoms with Crippen molar-refractivity contribution in [2.24, 2.45) is 5.73 Å². The third-order valence-corrected chi connectivity index (χ3v) is 1.77. The monoisotopic (exact) mass is 183 g/mol. The smallest absolute Gasteiger partial charge is 0.297 e. The Hall–Kier alpha value is -1.03. The fourth-order valence-corrected chi connectivity index (χ4v) is 1.18. The number of nitrogens with zero attached hydrogens (tertiary/aromatic N) is 2. The lowest BCUT2D eigenvalue weighted by atomic mass is 10.3. The van der Waals surface area contributed by atoms with E-state index in [4.69, 9.17) is 10.2 Å². The van der Waals surface area contributed by atoms with Gasteiger partial charge in [0.05, 0.1) is 6.20 Å². The lowest BCUT2D eigenvalue weighted by molar-refractivity contribution is 0.499. The fraction of sp³-hybridized carbons (Fsp3) is 0.667. The van der Waals surface area contributed by atoms with Gasteiger partial charge in [0.25, 0.3) is 6.01 Å². The topological polar surface area (TPSA) is 55.3 Å². The van der Waals surface area contributed by atoms with Crippen LogP contribution in [0.3, 0.4) is 0 Å². The molecule has 74 valence electrons. The molecule has 4 nitrogen and oxygen atoms in total. The Balaban J connectivity index is 2.69. The normalized spacial score (nSPS) is 13.3. The number of anilines is 1. The van der Waals surface area contributed by atoms with E-state index in [-0.39, 0.29) is 6.04 Å². The zero-order valence-electron chi connectivity index (χ0n) is 8.40. The van der Waals surface area contributed by atoms with Gasteiger partial charge in [0.1, 0.15) is 6.26 Å². The van der Waals surface area contributed by atoms with E-state index in [9.17, 15) is 0 Å². The lowest BCUT2D eigenvalue weighted by Crippen LogP contribution is -2.40. The van der Waals surface area contributed by atoms with Crippen LogP contribution in [0.4, 0.5) is 6.01 Å². The largest absolute Gasteiger partial charge is 0.432 e. The Morgan fingerprint density at radius 2 is 2.23 bits per heavy atom. The third kappa shape index (κ3) is 2.73. The molecule has 0 saturated heterocycles. The van der Waals surface area contributed by atoms with Gasteiger partial charge in [-0.3, -0.25) is 0 Å². The first-order valence-corrected chi connectivity index (χ1v) is 4.53. The molecule has 0 amide bonds. The highest BCUT2D eigenvalue weighted by molar-refractivity contribution is 5.26. The van der Waals surface area contributed by atoms with E-state index in [2.05, 4.69) is 18.8 Å². The molecular weight excluding hydrogens is 166 g/mol. The highest BCUT2D eigenvalue weighted by Crippen LogP contribution is 2.13. The molecule has 0 saturated carbocycles. The van der Waals surface area contributed by atoms with Crippen LogP contribution in [0, 0.1) is 0 Å². The molecule has 0 aliphatic heterocycles. The Labute approximate surface area is 78.7 Å². The molecule has 1 atom stereocenters. The van der Waals surface area contributed by atoms with E-state index >= 15 is 0 Å². The van der Waals surface area contributed by atoms with Gasteiger partial charge in [-0.1, -0.05) is 0 Å². The van der Waals surface area contributed by atoms with E-state index < -0.39 is 0 Å². The fourth-order valence-electron chi connectivity index (χ4n) is 1.18. The Morgan fingerprint density at radius 1 is 1.54 bits per heavy atom. The van der Waals surface area contributed by atoms with Crippen LogP contribution in [0.2, 0.25) is 0 Å². The van der Waals surface area contributed by atoms with Crippen molar-refractivity contribution in [3.63, 3.8) is 0 Å². The second kappa shape index (κ2) is 4.28. The summed E-state index contributed by atoms with van der Waals surface area (Å²) in [5.74, 6) is 0. The standard InChI is InChI=1S/C9H17N3O/c1-7(2)12(6-8(3)10)9-11-4-5-13-9/h4-5,7-8H,6,10H2,1-3H3. The number of nitrogens with two attached hydrogens (primary N) is 1. The summed E-state index contributed by atoms with van der Waals surface area (Å²) in [4.78, 5) is 6.14. The number of aromatic nitrogens is 1. The first-order valence-electron chi connectivity index (χ1n) is 4.53. The molecule has 0 fully saturated rings. The van der Waals surface area contributed by atoms with Crippen molar-refractivity contribution in [2.45, 2.75) is 32.9 Å². The quantitative estimate of drug-likeness (QED) is 0.763. The van der Waals surface area contributed by atoms with Gasteiger partial charge in [0, 0.05) is 18.6 Å². The highest BCUT2D eigenvalue weighted by Gasteiger charge is 2.15. The first-order chi connectivity index (χ1) is 6.11. The number of hydrogen-bond donors (Lipinski definition) is 1. The Kier molecular flexibility index (Phi) is 3.31.